The van der Waals surface area contributed by atoms with Crippen molar-refractivity contribution in [1.82, 2.24) is 0 Å². The second kappa shape index (κ2) is 12.0. The zero-order chi connectivity index (χ0) is 23.8. The number of hydrogen-bond donors (Lipinski definition) is 0. The Hall–Kier alpha value is -2.21. The zero-order valence-corrected chi connectivity index (χ0v) is 20.1. The highest BCUT2D eigenvalue weighted by molar-refractivity contribution is 7.62. The van der Waals surface area contributed by atoms with Crippen molar-refractivity contribution in [3.05, 3.63) is 54.1 Å². The van der Waals surface area contributed by atoms with Gasteiger partial charge in [-0.05, 0) is 45.2 Å². The molecule has 0 aromatic heterocycles. The molecule has 1 aromatic rings. The van der Waals surface area contributed by atoms with Gasteiger partial charge in [0.05, 0.1) is 18.5 Å². The first-order chi connectivity index (χ1) is 14.4. The van der Waals surface area contributed by atoms with Crippen molar-refractivity contribution in [1.29, 1.82) is 0 Å². The van der Waals surface area contributed by atoms with Crippen LogP contribution in [0.1, 0.15) is 53.0 Å². The Morgan fingerprint density at radius 3 is 1.68 bits per heavy atom. The van der Waals surface area contributed by atoms with Crippen molar-refractivity contribution in [3.63, 3.8) is 0 Å². The lowest BCUT2D eigenvalue weighted by molar-refractivity contribution is -0.145. The lowest BCUT2D eigenvalue weighted by atomic mass is 10.0. The normalized spacial score (nSPS) is 14.9. The molecule has 0 aliphatic heterocycles. The molecule has 1 aromatic carbocycles. The zero-order valence-electron chi connectivity index (χ0n) is 19.2. The molecule has 0 spiro atoms. The molecule has 0 radical (unpaired) electrons. The smallest absolute Gasteiger partial charge is 0.361 e. The minimum Gasteiger partial charge on any atom is -0.457 e. The molecule has 0 bridgehead atoms. The van der Waals surface area contributed by atoms with E-state index in [4.69, 9.17) is 18.5 Å². The van der Waals surface area contributed by atoms with Gasteiger partial charge in [0.1, 0.15) is 12.2 Å². The molecule has 31 heavy (non-hydrogen) atoms. The van der Waals surface area contributed by atoms with E-state index in [1.54, 1.807) is 26.0 Å². The maximum absolute atomic E-state index is 13.8. The minimum absolute atomic E-state index is 0.0639. The van der Waals surface area contributed by atoms with E-state index in [1.165, 1.54) is 13.8 Å². The second-order valence-electron chi connectivity index (χ2n) is 7.80. The average Bonchev–Trinajstić information content (AvgIpc) is 2.70. The van der Waals surface area contributed by atoms with Gasteiger partial charge in [-0.1, -0.05) is 45.2 Å². The highest BCUT2D eigenvalue weighted by Crippen LogP contribution is 2.49. The maximum atomic E-state index is 13.8. The van der Waals surface area contributed by atoms with Gasteiger partial charge in [-0.2, -0.15) is 0 Å². The summed E-state index contributed by atoms with van der Waals surface area (Å²) in [5.41, 5.74) is 1.32. The molecule has 0 fully saturated rings. The van der Waals surface area contributed by atoms with Crippen LogP contribution in [0.2, 0.25) is 0 Å². The van der Waals surface area contributed by atoms with Crippen LogP contribution in [0.3, 0.4) is 0 Å². The van der Waals surface area contributed by atoms with Gasteiger partial charge in [-0.25, -0.2) is 9.59 Å². The lowest BCUT2D eigenvalue weighted by Crippen LogP contribution is -2.26. The van der Waals surface area contributed by atoms with E-state index < -0.39 is 31.7 Å². The molecule has 0 N–H and O–H groups in total. The Balaban J connectivity index is 3.06. The number of carbonyl (C=O) groups excluding carboxylic acids is 2. The van der Waals surface area contributed by atoms with E-state index in [-0.39, 0.29) is 30.3 Å². The standard InChI is InChI=1S/C23H33O7P/c1-15(2)20-11-9-10-12-21(20)31(26,27-13-18(7)29-22(24)16(3)4)28-14-19(8)30-23(25)17(5)6/h9-12,15,18-19H,3,5,13-14H2,1-2,4,6-8H3. The minimum atomic E-state index is -3.83. The van der Waals surface area contributed by atoms with Crippen LogP contribution < -0.4 is 5.30 Å². The van der Waals surface area contributed by atoms with Crippen molar-refractivity contribution in [3.8, 4) is 0 Å². The first-order valence-corrected chi connectivity index (χ1v) is 11.6. The molecule has 0 amide bonds. The van der Waals surface area contributed by atoms with E-state index in [1.807, 2.05) is 26.0 Å². The molecule has 2 atom stereocenters. The molecule has 0 aliphatic rings. The molecule has 1 rings (SSSR count). The maximum Gasteiger partial charge on any atom is 0.361 e. The molecular formula is C23H33O7P. The van der Waals surface area contributed by atoms with Crippen LogP contribution in [0, 0.1) is 0 Å². The molecule has 8 heteroatoms. The van der Waals surface area contributed by atoms with Gasteiger partial charge < -0.3 is 18.5 Å². The summed E-state index contributed by atoms with van der Waals surface area (Å²) in [6.07, 6.45) is -1.35. The van der Waals surface area contributed by atoms with Crippen LogP contribution in [0.15, 0.2) is 48.6 Å². The summed E-state index contributed by atoms with van der Waals surface area (Å²) in [6.45, 7) is 17.0. The fourth-order valence-corrected chi connectivity index (χ4v) is 4.53. The number of benzene rings is 1. The number of esters is 2. The highest BCUT2D eigenvalue weighted by atomic mass is 31.2. The number of ether oxygens (including phenoxy) is 2. The van der Waals surface area contributed by atoms with Crippen LogP contribution >= 0.6 is 7.60 Å². The topological polar surface area (TPSA) is 88.1 Å². The van der Waals surface area contributed by atoms with Crippen LogP contribution in [-0.2, 0) is 32.7 Å². The van der Waals surface area contributed by atoms with Crippen LogP contribution in [0.5, 0.6) is 0 Å². The summed E-state index contributed by atoms with van der Waals surface area (Å²) in [4.78, 5) is 23.5. The third-order valence-electron chi connectivity index (χ3n) is 4.13. The van der Waals surface area contributed by atoms with Gasteiger partial charge in [0.15, 0.2) is 0 Å². The molecular weight excluding hydrogens is 419 g/mol. The van der Waals surface area contributed by atoms with Crippen molar-refractivity contribution >= 4 is 24.8 Å². The van der Waals surface area contributed by atoms with E-state index >= 15 is 0 Å². The molecule has 2 unspecified atom stereocenters. The first-order valence-electron chi connectivity index (χ1n) is 10.1. The Morgan fingerprint density at radius 1 is 0.871 bits per heavy atom. The number of hydrogen-bond acceptors (Lipinski definition) is 7. The Morgan fingerprint density at radius 2 is 1.29 bits per heavy atom. The predicted molar refractivity (Wildman–Crippen MR) is 120 cm³/mol. The third-order valence-corrected chi connectivity index (χ3v) is 6.10. The summed E-state index contributed by atoms with van der Waals surface area (Å²) >= 11 is 0. The second-order valence-corrected chi connectivity index (χ2v) is 9.79. The summed E-state index contributed by atoms with van der Waals surface area (Å²) in [7, 11) is -3.83. The monoisotopic (exact) mass is 452 g/mol. The van der Waals surface area contributed by atoms with E-state index in [2.05, 4.69) is 13.2 Å². The van der Waals surface area contributed by atoms with Gasteiger partial charge in [-0.3, -0.25) is 4.57 Å². The molecule has 0 saturated heterocycles. The summed E-state index contributed by atoms with van der Waals surface area (Å²) < 4.78 is 35.7. The number of rotatable bonds is 12. The third kappa shape index (κ3) is 8.44. The Bertz CT molecular complexity index is 817. The van der Waals surface area contributed by atoms with Gasteiger partial charge >= 0.3 is 19.5 Å². The quantitative estimate of drug-likeness (QED) is 0.259. The average molecular weight is 452 g/mol. The summed E-state index contributed by atoms with van der Waals surface area (Å²) in [6, 6.07) is 7.13. The van der Waals surface area contributed by atoms with Gasteiger partial charge in [0, 0.05) is 11.1 Å². The molecule has 0 saturated carbocycles. The predicted octanol–water partition coefficient (Wildman–Crippen LogP) is 4.68. The fraction of sp³-hybridized carbons (Fsp3) is 0.478. The van der Waals surface area contributed by atoms with Crippen LogP contribution in [-0.4, -0.2) is 37.4 Å². The largest absolute Gasteiger partial charge is 0.457 e. The van der Waals surface area contributed by atoms with Gasteiger partial charge in [0.25, 0.3) is 0 Å². The van der Waals surface area contributed by atoms with Crippen molar-refractivity contribution in [2.45, 2.75) is 59.7 Å². The van der Waals surface area contributed by atoms with E-state index in [0.29, 0.717) is 5.30 Å². The SMILES string of the molecule is C=C(C)C(=O)OC(C)COP(=O)(OCC(C)OC(=O)C(=C)C)c1ccccc1C(C)C. The molecule has 0 aliphatic carbocycles. The molecule has 0 heterocycles. The van der Waals surface area contributed by atoms with Crippen molar-refractivity contribution in [2.24, 2.45) is 0 Å². The van der Waals surface area contributed by atoms with Gasteiger partial charge in [0.2, 0.25) is 0 Å². The number of carbonyl (C=O) groups is 2. The summed E-state index contributed by atoms with van der Waals surface area (Å²) in [5, 5.41) is 0.418. The molecule has 7 nitrogen and oxygen atoms in total. The van der Waals surface area contributed by atoms with Crippen molar-refractivity contribution < 1.29 is 32.7 Å². The molecule has 172 valence electrons. The lowest BCUT2D eigenvalue weighted by Gasteiger charge is -2.25. The van der Waals surface area contributed by atoms with E-state index in [9.17, 15) is 14.2 Å². The highest BCUT2D eigenvalue weighted by Gasteiger charge is 2.33. The van der Waals surface area contributed by atoms with Gasteiger partial charge in [-0.15, -0.1) is 0 Å². The van der Waals surface area contributed by atoms with Crippen molar-refractivity contribution in [2.75, 3.05) is 13.2 Å². The first kappa shape index (κ1) is 26.8. The van der Waals surface area contributed by atoms with Crippen LogP contribution in [0.25, 0.3) is 0 Å². The van der Waals surface area contributed by atoms with E-state index in [0.717, 1.165) is 5.56 Å². The fourth-order valence-electron chi connectivity index (χ4n) is 2.44. The summed E-state index contributed by atoms with van der Waals surface area (Å²) in [5.74, 6) is -1.06. The Kier molecular flexibility index (Phi) is 10.4. The Labute approximate surface area is 184 Å². The van der Waals surface area contributed by atoms with Crippen LogP contribution in [0.4, 0.5) is 0 Å².